The molecule has 0 bridgehead atoms. The predicted molar refractivity (Wildman–Crippen MR) is 41.8 cm³/mol. The van der Waals surface area contributed by atoms with Gasteiger partial charge in [0.2, 0.25) is 0 Å². The maximum absolute atomic E-state index is 12.5. The smallest absolute Gasteiger partial charge is 0.123 e. The Morgan fingerprint density at radius 3 is 2.91 bits per heavy atom. The zero-order valence-corrected chi connectivity index (χ0v) is 6.73. The first-order valence-electron chi connectivity index (χ1n) is 3.05. The molecule has 11 heavy (non-hydrogen) atoms. The summed E-state index contributed by atoms with van der Waals surface area (Å²) < 4.78 is 17.2. The van der Waals surface area contributed by atoms with Crippen molar-refractivity contribution in [3.05, 3.63) is 41.2 Å². The second-order valence-corrected chi connectivity index (χ2v) is 2.43. The zero-order valence-electron chi connectivity index (χ0n) is 5.97. The Kier molecular flexibility index (Phi) is 2.85. The molecular weight excluding hydrogens is 167 g/mol. The monoisotopic (exact) mass is 173 g/mol. The van der Waals surface area contributed by atoms with E-state index in [1.807, 2.05) is 0 Å². The highest BCUT2D eigenvalue weighted by Gasteiger charge is 2.00. The van der Waals surface area contributed by atoms with Crippen LogP contribution in [0.3, 0.4) is 0 Å². The second-order valence-electron chi connectivity index (χ2n) is 2.02. The third-order valence-electron chi connectivity index (χ3n) is 1.20. The number of halogens is 2. The van der Waals surface area contributed by atoms with E-state index in [1.165, 1.54) is 31.9 Å². The minimum atomic E-state index is -0.322. The number of hydrogen-bond donors (Lipinski definition) is 0. The third-order valence-corrected chi connectivity index (χ3v) is 1.55. The first kappa shape index (κ1) is 8.50. The van der Waals surface area contributed by atoms with E-state index < -0.39 is 0 Å². The standard InChI is InChI=1S/C8H7ClFO/c1-11-5-6-4-7(10)2-3-8(6)9/h2-5H,1H3. The summed E-state index contributed by atoms with van der Waals surface area (Å²) in [5, 5.41) is 0.480. The SMILES string of the molecule is CO[CH]c1cc(F)ccc1Cl. The van der Waals surface area contributed by atoms with Crippen molar-refractivity contribution in [1.29, 1.82) is 0 Å². The van der Waals surface area contributed by atoms with Gasteiger partial charge >= 0.3 is 0 Å². The second kappa shape index (κ2) is 3.69. The van der Waals surface area contributed by atoms with Crippen LogP contribution in [0.15, 0.2) is 18.2 Å². The van der Waals surface area contributed by atoms with E-state index in [-0.39, 0.29) is 5.82 Å². The van der Waals surface area contributed by atoms with Gasteiger partial charge in [-0.05, 0) is 18.2 Å². The number of hydrogen-bond acceptors (Lipinski definition) is 1. The van der Waals surface area contributed by atoms with Crippen LogP contribution in [0.4, 0.5) is 4.39 Å². The Morgan fingerprint density at radius 1 is 1.55 bits per heavy atom. The van der Waals surface area contributed by atoms with E-state index in [0.717, 1.165) is 0 Å². The highest BCUT2D eigenvalue weighted by atomic mass is 35.5. The van der Waals surface area contributed by atoms with Gasteiger partial charge in [-0.25, -0.2) is 4.39 Å². The van der Waals surface area contributed by atoms with Crippen LogP contribution >= 0.6 is 11.6 Å². The molecule has 0 aliphatic carbocycles. The molecule has 0 heterocycles. The predicted octanol–water partition coefficient (Wildman–Crippen LogP) is 2.64. The van der Waals surface area contributed by atoms with E-state index in [2.05, 4.69) is 4.74 Å². The maximum Gasteiger partial charge on any atom is 0.123 e. The molecule has 1 nitrogen and oxygen atoms in total. The molecule has 0 aromatic heterocycles. The lowest BCUT2D eigenvalue weighted by Gasteiger charge is -2.00. The van der Waals surface area contributed by atoms with Gasteiger partial charge in [-0.15, -0.1) is 0 Å². The van der Waals surface area contributed by atoms with Gasteiger partial charge in [0.05, 0.1) is 0 Å². The molecule has 0 aliphatic rings. The van der Waals surface area contributed by atoms with Crippen LogP contribution in [0.2, 0.25) is 5.02 Å². The summed E-state index contributed by atoms with van der Waals surface area (Å²) in [5.74, 6) is -0.322. The van der Waals surface area contributed by atoms with Gasteiger partial charge in [0.25, 0.3) is 0 Å². The Labute approximate surface area is 69.7 Å². The lowest BCUT2D eigenvalue weighted by molar-refractivity contribution is 0.292. The molecule has 0 spiro atoms. The largest absolute Gasteiger partial charge is 0.374 e. The van der Waals surface area contributed by atoms with Gasteiger partial charge in [0.1, 0.15) is 12.4 Å². The van der Waals surface area contributed by atoms with E-state index in [4.69, 9.17) is 11.6 Å². The Bertz CT molecular complexity index is 250. The minimum Gasteiger partial charge on any atom is -0.374 e. The quantitative estimate of drug-likeness (QED) is 0.668. The lowest BCUT2D eigenvalue weighted by atomic mass is 10.2. The molecule has 0 aliphatic heterocycles. The molecule has 0 amide bonds. The molecule has 0 saturated heterocycles. The number of rotatable bonds is 2. The fourth-order valence-corrected chi connectivity index (χ4v) is 0.894. The zero-order chi connectivity index (χ0) is 8.27. The molecule has 59 valence electrons. The number of methoxy groups -OCH3 is 1. The average Bonchev–Trinajstić information content (AvgIpc) is 1.98. The van der Waals surface area contributed by atoms with Crippen molar-refractivity contribution in [2.75, 3.05) is 7.11 Å². The average molecular weight is 174 g/mol. The molecule has 1 aromatic carbocycles. The van der Waals surface area contributed by atoms with Gasteiger partial charge in [-0.2, -0.15) is 0 Å². The van der Waals surface area contributed by atoms with Crippen LogP contribution in [0.1, 0.15) is 5.56 Å². The van der Waals surface area contributed by atoms with E-state index in [0.29, 0.717) is 10.6 Å². The normalized spacial score (nSPS) is 10.1. The molecule has 0 unspecified atom stereocenters. The van der Waals surface area contributed by atoms with Crippen molar-refractivity contribution < 1.29 is 9.13 Å². The van der Waals surface area contributed by atoms with Crippen molar-refractivity contribution in [3.63, 3.8) is 0 Å². The van der Waals surface area contributed by atoms with Gasteiger partial charge < -0.3 is 4.74 Å². The maximum atomic E-state index is 12.5. The first-order valence-corrected chi connectivity index (χ1v) is 3.43. The highest BCUT2D eigenvalue weighted by molar-refractivity contribution is 6.31. The molecular formula is C8H7ClFO. The van der Waals surface area contributed by atoms with Gasteiger partial charge in [-0.1, -0.05) is 11.6 Å². The molecule has 0 saturated carbocycles. The van der Waals surface area contributed by atoms with Crippen LogP contribution in [0, 0.1) is 12.4 Å². The Balaban J connectivity index is 2.93. The van der Waals surface area contributed by atoms with E-state index in [1.54, 1.807) is 0 Å². The summed E-state index contributed by atoms with van der Waals surface area (Å²) >= 11 is 5.70. The van der Waals surface area contributed by atoms with Gasteiger partial charge in [-0.3, -0.25) is 0 Å². The van der Waals surface area contributed by atoms with Crippen LogP contribution in [0.25, 0.3) is 0 Å². The fourth-order valence-electron chi connectivity index (χ4n) is 0.732. The lowest BCUT2D eigenvalue weighted by Crippen LogP contribution is -1.86. The summed E-state index contributed by atoms with van der Waals surface area (Å²) in [6, 6.07) is 4.10. The Morgan fingerprint density at radius 2 is 2.27 bits per heavy atom. The van der Waals surface area contributed by atoms with Crippen LogP contribution in [0.5, 0.6) is 0 Å². The van der Waals surface area contributed by atoms with Crippen molar-refractivity contribution in [1.82, 2.24) is 0 Å². The van der Waals surface area contributed by atoms with Crippen molar-refractivity contribution in [3.8, 4) is 0 Å². The summed E-state index contributed by atoms with van der Waals surface area (Å²) in [5.41, 5.74) is 0.550. The van der Waals surface area contributed by atoms with Crippen molar-refractivity contribution in [2.45, 2.75) is 0 Å². The third kappa shape index (κ3) is 2.17. The summed E-state index contributed by atoms with van der Waals surface area (Å²) in [4.78, 5) is 0. The summed E-state index contributed by atoms with van der Waals surface area (Å²) in [7, 11) is 1.49. The topological polar surface area (TPSA) is 9.23 Å². The van der Waals surface area contributed by atoms with Crippen molar-refractivity contribution >= 4 is 11.6 Å². The molecule has 1 radical (unpaired) electrons. The van der Waals surface area contributed by atoms with Crippen molar-refractivity contribution in [2.24, 2.45) is 0 Å². The minimum absolute atomic E-state index is 0.322. The van der Waals surface area contributed by atoms with Crippen LogP contribution in [-0.2, 0) is 4.74 Å². The molecule has 0 fully saturated rings. The Hall–Kier alpha value is -0.600. The van der Waals surface area contributed by atoms with Gasteiger partial charge in [0.15, 0.2) is 0 Å². The van der Waals surface area contributed by atoms with Gasteiger partial charge in [0, 0.05) is 17.7 Å². The van der Waals surface area contributed by atoms with Crippen LogP contribution < -0.4 is 0 Å². The van der Waals surface area contributed by atoms with Crippen LogP contribution in [-0.4, -0.2) is 7.11 Å². The molecule has 0 N–H and O–H groups in total. The molecule has 1 aromatic rings. The number of ether oxygens (including phenoxy) is 1. The van der Waals surface area contributed by atoms with E-state index >= 15 is 0 Å². The summed E-state index contributed by atoms with van der Waals surface area (Å²) in [6.07, 6.45) is 0. The molecule has 0 atom stereocenters. The first-order chi connectivity index (χ1) is 5.24. The van der Waals surface area contributed by atoms with E-state index in [9.17, 15) is 4.39 Å². The fraction of sp³-hybridized carbons (Fsp3) is 0.125. The molecule has 3 heteroatoms. The number of benzene rings is 1. The molecule has 1 rings (SSSR count). The highest BCUT2D eigenvalue weighted by Crippen LogP contribution is 2.18. The summed E-state index contributed by atoms with van der Waals surface area (Å²) in [6.45, 7) is 1.39.